The summed E-state index contributed by atoms with van der Waals surface area (Å²) in [5.74, 6) is -0.385. The molecular weight excluding hydrogens is 264 g/mol. The first-order chi connectivity index (χ1) is 9.06. The largest absolute Gasteiger partial charge is 0.479 e. The van der Waals surface area contributed by atoms with Crippen molar-refractivity contribution >= 4 is 17.3 Å². The van der Waals surface area contributed by atoms with Crippen LogP contribution in [0.4, 0.5) is 0 Å². The third-order valence-corrected chi connectivity index (χ3v) is 4.40. The van der Waals surface area contributed by atoms with Crippen molar-refractivity contribution in [1.82, 2.24) is 20.2 Å². The van der Waals surface area contributed by atoms with Crippen molar-refractivity contribution < 1.29 is 9.90 Å². The Morgan fingerprint density at radius 2 is 2.11 bits per heavy atom. The normalized spacial score (nSPS) is 11.7. The summed E-state index contributed by atoms with van der Waals surface area (Å²) in [5.41, 5.74) is 0.850. The van der Waals surface area contributed by atoms with Gasteiger partial charge in [-0.25, -0.2) is 9.48 Å². The maximum Gasteiger partial charge on any atom is 0.331 e. The predicted molar refractivity (Wildman–Crippen MR) is 72.1 cm³/mol. The van der Waals surface area contributed by atoms with Crippen LogP contribution < -0.4 is 0 Å². The van der Waals surface area contributed by atoms with Gasteiger partial charge in [-0.05, 0) is 41.1 Å². The molecule has 0 aliphatic carbocycles. The minimum atomic E-state index is -1.09. The number of carboxylic acids is 1. The Morgan fingerprint density at radius 1 is 1.42 bits per heavy atom. The summed E-state index contributed by atoms with van der Waals surface area (Å²) in [4.78, 5) is 11.7. The zero-order chi connectivity index (χ0) is 14.0. The van der Waals surface area contributed by atoms with Gasteiger partial charge in [0.1, 0.15) is 0 Å². The number of carboxylic acid groups (broad SMARTS) is 1. The van der Waals surface area contributed by atoms with E-state index in [0.717, 1.165) is 11.1 Å². The number of hydrogen-bond acceptors (Lipinski definition) is 5. The number of rotatable bonds is 5. The predicted octanol–water partition coefficient (Wildman–Crippen LogP) is 2.31. The third-order valence-electron chi connectivity index (χ3n) is 3.54. The van der Waals surface area contributed by atoms with Crippen LogP contribution in [0.1, 0.15) is 32.3 Å². The van der Waals surface area contributed by atoms with E-state index in [1.54, 1.807) is 11.3 Å². The molecule has 0 aliphatic rings. The molecule has 2 rings (SSSR count). The lowest BCUT2D eigenvalue weighted by Gasteiger charge is -2.27. The van der Waals surface area contributed by atoms with Crippen LogP contribution in [0.2, 0.25) is 0 Å². The third kappa shape index (κ3) is 2.03. The molecule has 0 fully saturated rings. The number of tetrazole rings is 1. The average Bonchev–Trinajstić information content (AvgIpc) is 3.00. The Hall–Kier alpha value is -1.76. The lowest BCUT2D eigenvalue weighted by atomic mass is 9.92. The molecule has 0 amide bonds. The molecule has 2 aromatic heterocycles. The van der Waals surface area contributed by atoms with Gasteiger partial charge in [-0.1, -0.05) is 13.8 Å². The molecule has 2 heterocycles. The zero-order valence-electron chi connectivity index (χ0n) is 11.1. The van der Waals surface area contributed by atoms with E-state index in [4.69, 9.17) is 0 Å². The topological polar surface area (TPSA) is 80.9 Å². The average molecular weight is 280 g/mol. The molecule has 19 heavy (non-hydrogen) atoms. The van der Waals surface area contributed by atoms with Crippen molar-refractivity contribution in [3.8, 4) is 11.4 Å². The van der Waals surface area contributed by atoms with Crippen LogP contribution in [0.15, 0.2) is 10.8 Å². The fourth-order valence-electron chi connectivity index (χ4n) is 2.18. The number of aromatic nitrogens is 4. The van der Waals surface area contributed by atoms with Crippen molar-refractivity contribution in [2.45, 2.75) is 39.2 Å². The van der Waals surface area contributed by atoms with Gasteiger partial charge >= 0.3 is 5.97 Å². The molecule has 0 radical (unpaired) electrons. The smallest absolute Gasteiger partial charge is 0.331 e. The SMILES string of the molecule is CCC(CC)(C(=O)O)n1nnnc1-c1cscc1C. The maximum absolute atomic E-state index is 11.7. The molecule has 1 N–H and O–H groups in total. The molecule has 0 aliphatic heterocycles. The Kier molecular flexibility index (Phi) is 3.66. The Balaban J connectivity index is 2.61. The van der Waals surface area contributed by atoms with E-state index >= 15 is 0 Å². The van der Waals surface area contributed by atoms with Gasteiger partial charge in [-0.2, -0.15) is 11.3 Å². The first kappa shape index (κ1) is 13.7. The van der Waals surface area contributed by atoms with E-state index in [1.807, 2.05) is 31.5 Å². The van der Waals surface area contributed by atoms with Crippen molar-refractivity contribution in [3.63, 3.8) is 0 Å². The second-order valence-corrected chi connectivity index (χ2v) is 5.17. The quantitative estimate of drug-likeness (QED) is 0.909. The molecule has 0 spiro atoms. The summed E-state index contributed by atoms with van der Waals surface area (Å²) in [6.07, 6.45) is 0.861. The summed E-state index contributed by atoms with van der Waals surface area (Å²) < 4.78 is 1.45. The van der Waals surface area contributed by atoms with E-state index in [9.17, 15) is 9.90 Å². The van der Waals surface area contributed by atoms with Gasteiger partial charge in [0.25, 0.3) is 0 Å². The first-order valence-corrected chi connectivity index (χ1v) is 7.06. The summed E-state index contributed by atoms with van der Waals surface area (Å²) in [7, 11) is 0. The number of nitrogens with zero attached hydrogens (tertiary/aromatic N) is 4. The standard InChI is InChI=1S/C12H16N4O2S/c1-4-12(5-2,11(17)18)16-10(13-14-15-16)9-7-19-6-8(9)3/h6-7H,4-5H2,1-3H3,(H,17,18). The van der Waals surface area contributed by atoms with E-state index in [1.165, 1.54) is 4.68 Å². The molecule has 0 aromatic carbocycles. The molecule has 0 unspecified atom stereocenters. The summed E-state index contributed by atoms with van der Waals surface area (Å²) >= 11 is 1.55. The molecule has 0 saturated carbocycles. The van der Waals surface area contributed by atoms with E-state index < -0.39 is 11.5 Å². The van der Waals surface area contributed by atoms with Crippen molar-refractivity contribution in [2.24, 2.45) is 0 Å². The number of hydrogen-bond donors (Lipinski definition) is 1. The van der Waals surface area contributed by atoms with Crippen LogP contribution in [0.25, 0.3) is 11.4 Å². The minimum absolute atomic E-state index is 0.431. The van der Waals surface area contributed by atoms with Crippen LogP contribution in [-0.2, 0) is 10.3 Å². The fraction of sp³-hybridized carbons (Fsp3) is 0.500. The van der Waals surface area contributed by atoms with Crippen LogP contribution in [0.5, 0.6) is 0 Å². The van der Waals surface area contributed by atoms with Gasteiger partial charge in [0.15, 0.2) is 11.4 Å². The minimum Gasteiger partial charge on any atom is -0.479 e. The monoisotopic (exact) mass is 280 g/mol. The van der Waals surface area contributed by atoms with Gasteiger partial charge < -0.3 is 5.11 Å². The first-order valence-electron chi connectivity index (χ1n) is 6.12. The van der Waals surface area contributed by atoms with Crippen LogP contribution in [-0.4, -0.2) is 31.3 Å². The number of aryl methyl sites for hydroxylation is 1. The van der Waals surface area contributed by atoms with Gasteiger partial charge in [0.2, 0.25) is 0 Å². The molecular formula is C12H16N4O2S. The summed E-state index contributed by atoms with van der Waals surface area (Å²) in [6, 6.07) is 0. The fourth-order valence-corrected chi connectivity index (χ4v) is 3.00. The van der Waals surface area contributed by atoms with Gasteiger partial charge in [0.05, 0.1) is 0 Å². The van der Waals surface area contributed by atoms with Crippen LogP contribution in [0, 0.1) is 6.92 Å². The highest BCUT2D eigenvalue weighted by atomic mass is 32.1. The highest BCUT2D eigenvalue weighted by molar-refractivity contribution is 7.08. The number of aliphatic carboxylic acids is 1. The Bertz CT molecular complexity index is 586. The van der Waals surface area contributed by atoms with Crippen molar-refractivity contribution in [1.29, 1.82) is 0 Å². The Morgan fingerprint density at radius 3 is 2.58 bits per heavy atom. The van der Waals surface area contributed by atoms with E-state index in [-0.39, 0.29) is 0 Å². The molecule has 7 heteroatoms. The van der Waals surface area contributed by atoms with Gasteiger partial charge in [0, 0.05) is 10.9 Å². The van der Waals surface area contributed by atoms with Gasteiger partial charge in [-0.3, -0.25) is 0 Å². The van der Waals surface area contributed by atoms with E-state index in [0.29, 0.717) is 18.7 Å². The highest BCUT2D eigenvalue weighted by Gasteiger charge is 2.40. The lowest BCUT2D eigenvalue weighted by molar-refractivity contribution is -0.148. The van der Waals surface area contributed by atoms with Crippen LogP contribution >= 0.6 is 11.3 Å². The maximum atomic E-state index is 11.7. The molecule has 6 nitrogen and oxygen atoms in total. The van der Waals surface area contributed by atoms with E-state index in [2.05, 4.69) is 15.5 Å². The molecule has 0 saturated heterocycles. The van der Waals surface area contributed by atoms with Gasteiger partial charge in [-0.15, -0.1) is 5.10 Å². The van der Waals surface area contributed by atoms with Crippen molar-refractivity contribution in [2.75, 3.05) is 0 Å². The van der Waals surface area contributed by atoms with Crippen LogP contribution in [0.3, 0.4) is 0 Å². The Labute approximate surface area is 115 Å². The summed E-state index contributed by atoms with van der Waals surface area (Å²) in [5, 5.41) is 25.1. The lowest BCUT2D eigenvalue weighted by Crippen LogP contribution is -2.42. The second kappa shape index (κ2) is 5.08. The highest BCUT2D eigenvalue weighted by Crippen LogP contribution is 2.32. The summed E-state index contributed by atoms with van der Waals surface area (Å²) in [6.45, 7) is 5.64. The second-order valence-electron chi connectivity index (χ2n) is 4.43. The zero-order valence-corrected chi connectivity index (χ0v) is 11.9. The molecule has 0 bridgehead atoms. The molecule has 0 atom stereocenters. The van der Waals surface area contributed by atoms with Crippen molar-refractivity contribution in [3.05, 3.63) is 16.3 Å². The molecule has 102 valence electrons. The number of carbonyl (C=O) groups is 1. The number of thiophene rings is 1. The molecule has 2 aromatic rings.